The molecular weight excluding hydrogens is 295 g/mol. The molecule has 7 heteroatoms. The van der Waals surface area contributed by atoms with Crippen LogP contribution in [0.15, 0.2) is 36.4 Å². The highest BCUT2D eigenvalue weighted by Gasteiger charge is 2.10. The molecule has 0 unspecified atom stereocenters. The number of benzene rings is 2. The highest BCUT2D eigenvalue weighted by atomic mass is 35.5. The highest BCUT2D eigenvalue weighted by Crippen LogP contribution is 2.20. The van der Waals surface area contributed by atoms with Crippen LogP contribution in [-0.2, 0) is 7.05 Å². The number of hydrogen-bond donors (Lipinski definition) is 1. The Morgan fingerprint density at radius 1 is 1.29 bits per heavy atom. The summed E-state index contributed by atoms with van der Waals surface area (Å²) in [6.07, 6.45) is 0. The summed E-state index contributed by atoms with van der Waals surface area (Å²) in [5.41, 5.74) is 2.31. The van der Waals surface area contributed by atoms with Gasteiger partial charge in [0.05, 0.1) is 10.5 Å². The van der Waals surface area contributed by atoms with Crippen LogP contribution in [0.1, 0.15) is 10.4 Å². The third-order valence-corrected chi connectivity index (χ3v) is 3.34. The first-order valence-electron chi connectivity index (χ1n) is 6.10. The fraction of sp³-hybridized carbons (Fsp3) is 0.0714. The van der Waals surface area contributed by atoms with E-state index < -0.39 is 5.82 Å². The molecule has 2 aromatic carbocycles. The van der Waals surface area contributed by atoms with Gasteiger partial charge in [-0.15, -0.1) is 5.10 Å². The number of aromatic nitrogens is 3. The van der Waals surface area contributed by atoms with E-state index in [0.717, 1.165) is 5.52 Å². The largest absolute Gasteiger partial charge is 0.322 e. The molecule has 0 aliphatic heterocycles. The summed E-state index contributed by atoms with van der Waals surface area (Å²) in [5, 5.41) is 10.4. The molecule has 0 bridgehead atoms. The van der Waals surface area contributed by atoms with Crippen LogP contribution >= 0.6 is 11.6 Å². The average Bonchev–Trinajstić information content (AvgIpc) is 2.84. The second-order valence-corrected chi connectivity index (χ2v) is 4.91. The van der Waals surface area contributed by atoms with Gasteiger partial charge in [-0.25, -0.2) is 9.07 Å². The Bertz CT molecular complexity index is 846. The Balaban J connectivity index is 1.87. The predicted octanol–water partition coefficient (Wildman–Crippen LogP) is 3.01. The molecule has 0 radical (unpaired) electrons. The zero-order valence-corrected chi connectivity index (χ0v) is 11.7. The fourth-order valence-corrected chi connectivity index (χ4v) is 2.14. The minimum Gasteiger partial charge on any atom is -0.322 e. The maximum Gasteiger partial charge on any atom is 0.255 e. The van der Waals surface area contributed by atoms with E-state index in [1.165, 1.54) is 18.2 Å². The summed E-state index contributed by atoms with van der Waals surface area (Å²) in [7, 11) is 1.77. The van der Waals surface area contributed by atoms with Crippen molar-refractivity contribution in [1.29, 1.82) is 0 Å². The number of nitrogens with one attached hydrogen (secondary N) is 1. The van der Waals surface area contributed by atoms with Crippen molar-refractivity contribution in [2.75, 3.05) is 5.32 Å². The number of aryl methyl sites for hydroxylation is 1. The van der Waals surface area contributed by atoms with E-state index in [-0.39, 0.29) is 10.9 Å². The van der Waals surface area contributed by atoms with Crippen molar-refractivity contribution in [2.45, 2.75) is 0 Å². The molecule has 1 amide bonds. The molecule has 3 aromatic rings. The second-order valence-electron chi connectivity index (χ2n) is 4.50. The lowest BCUT2D eigenvalue weighted by Crippen LogP contribution is -2.11. The zero-order chi connectivity index (χ0) is 15.0. The van der Waals surface area contributed by atoms with Crippen LogP contribution in [0.2, 0.25) is 5.02 Å². The maximum atomic E-state index is 13.1. The number of hydrogen-bond acceptors (Lipinski definition) is 3. The highest BCUT2D eigenvalue weighted by molar-refractivity contribution is 6.31. The van der Waals surface area contributed by atoms with Gasteiger partial charge >= 0.3 is 0 Å². The van der Waals surface area contributed by atoms with E-state index >= 15 is 0 Å². The summed E-state index contributed by atoms with van der Waals surface area (Å²) in [5.74, 6) is -0.860. The smallest absolute Gasteiger partial charge is 0.255 e. The van der Waals surface area contributed by atoms with Crippen molar-refractivity contribution >= 4 is 34.2 Å². The number of carbonyl (C=O) groups excluding carboxylic acids is 1. The number of nitrogens with zero attached hydrogens (tertiary/aromatic N) is 3. The normalized spacial score (nSPS) is 10.8. The number of fused-ring (bicyclic) bond motifs is 1. The second kappa shape index (κ2) is 5.14. The van der Waals surface area contributed by atoms with Gasteiger partial charge in [-0.3, -0.25) is 4.79 Å². The van der Waals surface area contributed by atoms with Crippen molar-refractivity contribution in [3.8, 4) is 0 Å². The lowest BCUT2D eigenvalue weighted by molar-refractivity contribution is 0.102. The topological polar surface area (TPSA) is 59.8 Å². The molecule has 1 N–H and O–H groups in total. The van der Waals surface area contributed by atoms with Gasteiger partial charge in [0.1, 0.15) is 11.3 Å². The van der Waals surface area contributed by atoms with Crippen molar-refractivity contribution in [3.63, 3.8) is 0 Å². The van der Waals surface area contributed by atoms with Gasteiger partial charge in [0.2, 0.25) is 0 Å². The van der Waals surface area contributed by atoms with Crippen LogP contribution < -0.4 is 5.32 Å². The zero-order valence-electron chi connectivity index (χ0n) is 11.0. The van der Waals surface area contributed by atoms with Gasteiger partial charge in [-0.2, -0.15) is 0 Å². The lowest BCUT2D eigenvalue weighted by Gasteiger charge is -2.06. The monoisotopic (exact) mass is 304 g/mol. The Morgan fingerprint density at radius 3 is 2.86 bits per heavy atom. The molecule has 0 spiro atoms. The van der Waals surface area contributed by atoms with Crippen LogP contribution in [0.4, 0.5) is 10.1 Å². The third kappa shape index (κ3) is 2.57. The van der Waals surface area contributed by atoms with Gasteiger partial charge < -0.3 is 5.32 Å². The third-order valence-electron chi connectivity index (χ3n) is 3.05. The Hall–Kier alpha value is -2.47. The molecule has 0 aliphatic rings. The Morgan fingerprint density at radius 2 is 2.10 bits per heavy atom. The van der Waals surface area contributed by atoms with Crippen LogP contribution in [0.3, 0.4) is 0 Å². The van der Waals surface area contributed by atoms with E-state index in [1.54, 1.807) is 29.9 Å². The summed E-state index contributed by atoms with van der Waals surface area (Å²) >= 11 is 5.68. The Kier molecular flexibility index (Phi) is 3.31. The van der Waals surface area contributed by atoms with Crippen LogP contribution in [0.25, 0.3) is 11.0 Å². The molecule has 1 heterocycles. The molecule has 1 aromatic heterocycles. The lowest BCUT2D eigenvalue weighted by atomic mass is 10.2. The van der Waals surface area contributed by atoms with Crippen LogP contribution in [0.5, 0.6) is 0 Å². The van der Waals surface area contributed by atoms with Crippen LogP contribution in [0, 0.1) is 5.82 Å². The number of rotatable bonds is 2. The van der Waals surface area contributed by atoms with Gasteiger partial charge in [-0.05, 0) is 36.4 Å². The van der Waals surface area contributed by atoms with Gasteiger partial charge in [-0.1, -0.05) is 16.8 Å². The molecule has 0 fully saturated rings. The van der Waals surface area contributed by atoms with Gasteiger partial charge in [0.25, 0.3) is 5.91 Å². The molecule has 5 nitrogen and oxygen atoms in total. The molecule has 3 rings (SSSR count). The van der Waals surface area contributed by atoms with Gasteiger partial charge in [0, 0.05) is 18.3 Å². The number of halogens is 2. The van der Waals surface area contributed by atoms with E-state index in [9.17, 15) is 9.18 Å². The van der Waals surface area contributed by atoms with Crippen molar-refractivity contribution in [2.24, 2.45) is 7.05 Å². The molecule has 21 heavy (non-hydrogen) atoms. The Labute approximate surface area is 124 Å². The van der Waals surface area contributed by atoms with E-state index in [1.807, 2.05) is 0 Å². The SMILES string of the molecule is Cn1nnc2cc(C(=O)Nc3ccc(F)c(Cl)c3)ccc21. The minimum absolute atomic E-state index is 0.0443. The van der Waals surface area contributed by atoms with E-state index in [4.69, 9.17) is 11.6 Å². The average molecular weight is 305 g/mol. The fourth-order valence-electron chi connectivity index (χ4n) is 1.96. The van der Waals surface area contributed by atoms with Crippen LogP contribution in [-0.4, -0.2) is 20.9 Å². The first-order chi connectivity index (χ1) is 10.0. The molecule has 106 valence electrons. The van der Waals surface area contributed by atoms with Gasteiger partial charge in [0.15, 0.2) is 0 Å². The summed E-state index contributed by atoms with van der Waals surface area (Å²) in [6, 6.07) is 9.08. The quantitative estimate of drug-likeness (QED) is 0.791. The summed E-state index contributed by atoms with van der Waals surface area (Å²) in [6.45, 7) is 0. The number of anilines is 1. The van der Waals surface area contributed by atoms with E-state index in [0.29, 0.717) is 16.8 Å². The number of amides is 1. The van der Waals surface area contributed by atoms with Crippen molar-refractivity contribution in [1.82, 2.24) is 15.0 Å². The summed E-state index contributed by atoms with van der Waals surface area (Å²) in [4.78, 5) is 12.2. The summed E-state index contributed by atoms with van der Waals surface area (Å²) < 4.78 is 14.7. The standard InChI is InChI=1S/C14H10ClFN4O/c1-20-13-5-2-8(6-12(13)18-19-20)14(21)17-9-3-4-11(16)10(15)7-9/h2-7H,1H3,(H,17,21). The molecule has 0 atom stereocenters. The minimum atomic E-state index is -0.532. The van der Waals surface area contributed by atoms with Crippen molar-refractivity contribution < 1.29 is 9.18 Å². The first kappa shape index (κ1) is 13.5. The first-order valence-corrected chi connectivity index (χ1v) is 6.48. The predicted molar refractivity (Wildman–Crippen MR) is 77.9 cm³/mol. The molecule has 0 saturated carbocycles. The molecular formula is C14H10ClFN4O. The van der Waals surface area contributed by atoms with E-state index in [2.05, 4.69) is 15.6 Å². The molecule has 0 saturated heterocycles. The molecule has 0 aliphatic carbocycles. The van der Waals surface area contributed by atoms with Crippen molar-refractivity contribution in [3.05, 3.63) is 52.8 Å². The maximum absolute atomic E-state index is 13.1. The number of carbonyl (C=O) groups is 1.